The van der Waals surface area contributed by atoms with Crippen molar-refractivity contribution in [1.82, 2.24) is 16.2 Å². The van der Waals surface area contributed by atoms with Gasteiger partial charge in [0.15, 0.2) is 0 Å². The van der Waals surface area contributed by atoms with Crippen molar-refractivity contribution >= 4 is 5.91 Å². The Morgan fingerprint density at radius 1 is 1.27 bits per heavy atom. The van der Waals surface area contributed by atoms with Crippen LogP contribution in [0.3, 0.4) is 0 Å². The molecule has 1 amide bonds. The number of benzene rings is 1. The summed E-state index contributed by atoms with van der Waals surface area (Å²) in [5, 5.41) is 2.55. The molecule has 0 saturated carbocycles. The number of carbonyl (C=O) groups excluding carboxylic acids is 1. The first-order valence-electron chi connectivity index (χ1n) is 6.94. The van der Waals surface area contributed by atoms with Gasteiger partial charge in [0.1, 0.15) is 12.6 Å². The first-order chi connectivity index (χ1) is 10.5. The van der Waals surface area contributed by atoms with E-state index in [9.17, 15) is 18.0 Å². The molecule has 1 aromatic carbocycles. The Labute approximate surface area is 126 Å². The van der Waals surface area contributed by atoms with E-state index in [1.807, 2.05) is 30.3 Å². The molecule has 8 heteroatoms. The maximum absolute atomic E-state index is 11.9. The standard InChI is InChI=1S/C14H18F3N3O2/c15-14(16,17)9-22-7-6-18-13(21)12-8-11(19-20-12)10-4-2-1-3-5-10/h1-5,11-12,19-20H,6-9H2,(H,18,21). The Morgan fingerprint density at radius 2 is 2.00 bits per heavy atom. The minimum Gasteiger partial charge on any atom is -0.370 e. The maximum Gasteiger partial charge on any atom is 0.411 e. The van der Waals surface area contributed by atoms with E-state index in [0.717, 1.165) is 5.56 Å². The molecule has 1 fully saturated rings. The van der Waals surface area contributed by atoms with Crippen LogP contribution in [0, 0.1) is 0 Å². The quantitative estimate of drug-likeness (QED) is 0.692. The number of rotatable bonds is 6. The van der Waals surface area contributed by atoms with Crippen LogP contribution in [0.15, 0.2) is 30.3 Å². The normalized spacial score (nSPS) is 21.8. The Morgan fingerprint density at radius 3 is 2.68 bits per heavy atom. The fourth-order valence-corrected chi connectivity index (χ4v) is 2.19. The predicted molar refractivity (Wildman–Crippen MR) is 73.7 cm³/mol. The lowest BCUT2D eigenvalue weighted by Crippen LogP contribution is -2.44. The van der Waals surface area contributed by atoms with Crippen molar-refractivity contribution in [3.8, 4) is 0 Å². The molecule has 5 nitrogen and oxygen atoms in total. The van der Waals surface area contributed by atoms with Gasteiger partial charge in [0.05, 0.1) is 6.61 Å². The van der Waals surface area contributed by atoms with Crippen molar-refractivity contribution in [2.75, 3.05) is 19.8 Å². The number of hydrogen-bond donors (Lipinski definition) is 3. The Hall–Kier alpha value is -1.64. The van der Waals surface area contributed by atoms with Gasteiger partial charge in [-0.1, -0.05) is 30.3 Å². The van der Waals surface area contributed by atoms with Crippen LogP contribution >= 0.6 is 0 Å². The van der Waals surface area contributed by atoms with Crippen LogP contribution in [-0.2, 0) is 9.53 Å². The molecule has 0 radical (unpaired) electrons. The van der Waals surface area contributed by atoms with E-state index >= 15 is 0 Å². The Kier molecular flexibility index (Phi) is 5.76. The summed E-state index contributed by atoms with van der Waals surface area (Å²) in [4.78, 5) is 11.9. The van der Waals surface area contributed by atoms with E-state index in [4.69, 9.17) is 0 Å². The molecular formula is C14H18F3N3O2. The lowest BCUT2D eigenvalue weighted by molar-refractivity contribution is -0.173. The van der Waals surface area contributed by atoms with Crippen molar-refractivity contribution in [3.05, 3.63) is 35.9 Å². The highest BCUT2D eigenvalue weighted by molar-refractivity contribution is 5.82. The van der Waals surface area contributed by atoms with Gasteiger partial charge in [0.25, 0.3) is 0 Å². The number of nitrogens with one attached hydrogen (secondary N) is 3. The molecule has 3 N–H and O–H groups in total. The van der Waals surface area contributed by atoms with Crippen LogP contribution in [0.5, 0.6) is 0 Å². The molecule has 1 heterocycles. The topological polar surface area (TPSA) is 62.4 Å². The molecule has 2 unspecified atom stereocenters. The highest BCUT2D eigenvalue weighted by Crippen LogP contribution is 2.21. The minimum absolute atomic E-state index is 0.0263. The highest BCUT2D eigenvalue weighted by atomic mass is 19.4. The zero-order chi connectivity index (χ0) is 16.0. The predicted octanol–water partition coefficient (Wildman–Crippen LogP) is 1.29. The van der Waals surface area contributed by atoms with Gasteiger partial charge in [-0.25, -0.2) is 10.9 Å². The average Bonchev–Trinajstić information content (AvgIpc) is 2.96. The molecule has 0 aromatic heterocycles. The van der Waals surface area contributed by atoms with Crippen LogP contribution in [0.2, 0.25) is 0 Å². The molecule has 122 valence electrons. The molecule has 0 spiro atoms. The third-order valence-corrected chi connectivity index (χ3v) is 3.23. The van der Waals surface area contributed by atoms with E-state index in [0.29, 0.717) is 6.42 Å². The molecule has 1 aliphatic heterocycles. The lowest BCUT2D eigenvalue weighted by atomic mass is 10.0. The molecule has 2 atom stereocenters. The van der Waals surface area contributed by atoms with Gasteiger partial charge in [-0.05, 0) is 12.0 Å². The number of hydrogen-bond acceptors (Lipinski definition) is 4. The number of halogens is 3. The second kappa shape index (κ2) is 7.57. The second-order valence-corrected chi connectivity index (χ2v) is 5.00. The summed E-state index contributed by atoms with van der Waals surface area (Å²) in [6.07, 6.45) is -3.77. The molecular weight excluding hydrogens is 299 g/mol. The third kappa shape index (κ3) is 5.28. The molecule has 0 aliphatic carbocycles. The summed E-state index contributed by atoms with van der Waals surface area (Å²) in [7, 11) is 0. The summed E-state index contributed by atoms with van der Waals surface area (Å²) in [6, 6.07) is 9.28. The van der Waals surface area contributed by atoms with Crippen molar-refractivity contribution in [2.45, 2.75) is 24.7 Å². The highest BCUT2D eigenvalue weighted by Gasteiger charge is 2.30. The van der Waals surface area contributed by atoms with E-state index < -0.39 is 18.8 Å². The summed E-state index contributed by atoms with van der Waals surface area (Å²) in [6.45, 7) is -1.43. The van der Waals surface area contributed by atoms with Crippen LogP contribution in [-0.4, -0.2) is 37.9 Å². The maximum atomic E-state index is 11.9. The van der Waals surface area contributed by atoms with Crippen LogP contribution < -0.4 is 16.2 Å². The monoisotopic (exact) mass is 317 g/mol. The summed E-state index contributed by atoms with van der Waals surface area (Å²) < 4.78 is 40.0. The van der Waals surface area contributed by atoms with E-state index in [-0.39, 0.29) is 25.1 Å². The van der Waals surface area contributed by atoms with Gasteiger partial charge in [-0.15, -0.1) is 0 Å². The van der Waals surface area contributed by atoms with Crippen molar-refractivity contribution in [2.24, 2.45) is 0 Å². The van der Waals surface area contributed by atoms with Gasteiger partial charge in [-0.2, -0.15) is 13.2 Å². The molecule has 2 rings (SSSR count). The van der Waals surface area contributed by atoms with Crippen molar-refractivity contribution < 1.29 is 22.7 Å². The van der Waals surface area contributed by atoms with Gasteiger partial charge < -0.3 is 10.1 Å². The molecule has 1 aromatic rings. The fourth-order valence-electron chi connectivity index (χ4n) is 2.19. The lowest BCUT2D eigenvalue weighted by Gasteiger charge is -2.11. The number of ether oxygens (including phenoxy) is 1. The zero-order valence-corrected chi connectivity index (χ0v) is 11.8. The van der Waals surface area contributed by atoms with Crippen molar-refractivity contribution in [3.63, 3.8) is 0 Å². The zero-order valence-electron chi connectivity index (χ0n) is 11.8. The largest absolute Gasteiger partial charge is 0.411 e. The smallest absolute Gasteiger partial charge is 0.370 e. The summed E-state index contributed by atoms with van der Waals surface area (Å²) in [5.74, 6) is -0.262. The van der Waals surface area contributed by atoms with E-state index in [1.165, 1.54) is 0 Å². The Bertz CT molecular complexity index is 482. The van der Waals surface area contributed by atoms with E-state index in [1.54, 1.807) is 0 Å². The third-order valence-electron chi connectivity index (χ3n) is 3.23. The average molecular weight is 317 g/mol. The molecule has 1 aliphatic rings. The van der Waals surface area contributed by atoms with Gasteiger partial charge >= 0.3 is 6.18 Å². The van der Waals surface area contributed by atoms with E-state index in [2.05, 4.69) is 20.9 Å². The number of alkyl halides is 3. The van der Waals surface area contributed by atoms with Gasteiger partial charge in [-0.3, -0.25) is 4.79 Å². The number of carbonyl (C=O) groups is 1. The number of hydrazine groups is 1. The Balaban J connectivity index is 1.67. The van der Waals surface area contributed by atoms with Gasteiger partial charge in [0, 0.05) is 12.6 Å². The SMILES string of the molecule is O=C(NCCOCC(F)(F)F)C1CC(c2ccccc2)NN1. The molecule has 22 heavy (non-hydrogen) atoms. The second-order valence-electron chi connectivity index (χ2n) is 5.00. The van der Waals surface area contributed by atoms with Crippen LogP contribution in [0.25, 0.3) is 0 Å². The molecule has 0 bridgehead atoms. The number of amides is 1. The van der Waals surface area contributed by atoms with Crippen LogP contribution in [0.1, 0.15) is 18.0 Å². The summed E-state index contributed by atoms with van der Waals surface area (Å²) >= 11 is 0. The first kappa shape index (κ1) is 16.7. The molecule has 1 saturated heterocycles. The summed E-state index contributed by atoms with van der Waals surface area (Å²) in [5.41, 5.74) is 6.99. The first-order valence-corrected chi connectivity index (χ1v) is 6.94. The van der Waals surface area contributed by atoms with Crippen molar-refractivity contribution in [1.29, 1.82) is 0 Å². The minimum atomic E-state index is -4.34. The van der Waals surface area contributed by atoms with Gasteiger partial charge in [0.2, 0.25) is 5.91 Å². The van der Waals surface area contributed by atoms with Crippen LogP contribution in [0.4, 0.5) is 13.2 Å². The fraction of sp³-hybridized carbons (Fsp3) is 0.500.